The number of aliphatic carboxylic acids is 1. The lowest BCUT2D eigenvalue weighted by molar-refractivity contribution is -0.142. The standard InChI is InChI=1S/C13H16N2O4/c1-9(16)14-8-7-11(17)15-12(13(18)19)10-5-3-2-4-6-10/h2-6,12H,7-8H2,1H3,(H,14,16)(H,15,17)(H,18,19)/t12-/m1/s1. The third-order valence-corrected chi connectivity index (χ3v) is 2.41. The molecule has 0 saturated carbocycles. The van der Waals surface area contributed by atoms with Crippen molar-refractivity contribution in [1.29, 1.82) is 0 Å². The van der Waals surface area contributed by atoms with Crippen LogP contribution in [0.1, 0.15) is 24.9 Å². The van der Waals surface area contributed by atoms with Crippen molar-refractivity contribution in [2.75, 3.05) is 6.54 Å². The highest BCUT2D eigenvalue weighted by Gasteiger charge is 2.21. The molecule has 0 heterocycles. The zero-order chi connectivity index (χ0) is 14.3. The second kappa shape index (κ2) is 7.15. The SMILES string of the molecule is CC(=O)NCCC(=O)N[C@@H](C(=O)O)c1ccccc1. The predicted octanol–water partition coefficient (Wildman–Crippen LogP) is 0.455. The van der Waals surface area contributed by atoms with Gasteiger partial charge in [-0.15, -0.1) is 0 Å². The highest BCUT2D eigenvalue weighted by atomic mass is 16.4. The summed E-state index contributed by atoms with van der Waals surface area (Å²) < 4.78 is 0. The highest BCUT2D eigenvalue weighted by molar-refractivity contribution is 5.85. The molecule has 0 aliphatic heterocycles. The van der Waals surface area contributed by atoms with E-state index in [4.69, 9.17) is 5.11 Å². The summed E-state index contributed by atoms with van der Waals surface area (Å²) >= 11 is 0. The Morgan fingerprint density at radius 3 is 2.37 bits per heavy atom. The predicted molar refractivity (Wildman–Crippen MR) is 68.3 cm³/mol. The molecule has 0 aliphatic carbocycles. The number of amides is 2. The van der Waals surface area contributed by atoms with Gasteiger partial charge in [0.1, 0.15) is 0 Å². The van der Waals surface area contributed by atoms with Crippen LogP contribution in [0.15, 0.2) is 30.3 Å². The molecule has 1 aromatic rings. The summed E-state index contributed by atoms with van der Waals surface area (Å²) in [7, 11) is 0. The molecule has 0 fully saturated rings. The van der Waals surface area contributed by atoms with Gasteiger partial charge in [-0.05, 0) is 5.56 Å². The summed E-state index contributed by atoms with van der Waals surface area (Å²) in [5.41, 5.74) is 0.503. The van der Waals surface area contributed by atoms with Crippen LogP contribution < -0.4 is 10.6 Å². The van der Waals surface area contributed by atoms with Crippen LogP contribution in [0.4, 0.5) is 0 Å². The quantitative estimate of drug-likeness (QED) is 0.695. The molecule has 0 unspecified atom stereocenters. The molecule has 0 saturated heterocycles. The zero-order valence-corrected chi connectivity index (χ0v) is 10.6. The van der Waals surface area contributed by atoms with Crippen molar-refractivity contribution in [1.82, 2.24) is 10.6 Å². The first kappa shape index (κ1) is 14.7. The Morgan fingerprint density at radius 1 is 1.21 bits per heavy atom. The second-order valence-corrected chi connectivity index (χ2v) is 3.98. The molecule has 1 rings (SSSR count). The van der Waals surface area contributed by atoms with E-state index in [-0.39, 0.29) is 18.9 Å². The third-order valence-electron chi connectivity index (χ3n) is 2.41. The van der Waals surface area contributed by atoms with E-state index in [0.717, 1.165) is 0 Å². The molecular weight excluding hydrogens is 248 g/mol. The number of benzene rings is 1. The normalized spacial score (nSPS) is 11.4. The summed E-state index contributed by atoms with van der Waals surface area (Å²) in [6.07, 6.45) is 0.0379. The second-order valence-electron chi connectivity index (χ2n) is 3.98. The van der Waals surface area contributed by atoms with Gasteiger partial charge >= 0.3 is 5.97 Å². The molecule has 3 N–H and O–H groups in total. The molecule has 0 aromatic heterocycles. The topological polar surface area (TPSA) is 95.5 Å². The zero-order valence-electron chi connectivity index (χ0n) is 10.6. The van der Waals surface area contributed by atoms with Crippen molar-refractivity contribution in [3.63, 3.8) is 0 Å². The van der Waals surface area contributed by atoms with Gasteiger partial charge < -0.3 is 15.7 Å². The molecule has 0 aliphatic rings. The van der Waals surface area contributed by atoms with E-state index in [0.29, 0.717) is 5.56 Å². The molecule has 6 nitrogen and oxygen atoms in total. The summed E-state index contributed by atoms with van der Waals surface area (Å²) in [5, 5.41) is 14.0. The molecule has 2 amide bonds. The number of nitrogens with one attached hydrogen (secondary N) is 2. The molecule has 0 spiro atoms. The Kier molecular flexibility index (Phi) is 5.53. The third kappa shape index (κ3) is 5.20. The van der Waals surface area contributed by atoms with Crippen molar-refractivity contribution in [2.45, 2.75) is 19.4 Å². The van der Waals surface area contributed by atoms with Gasteiger partial charge in [0.15, 0.2) is 6.04 Å². The van der Waals surface area contributed by atoms with Gasteiger partial charge in [0.2, 0.25) is 11.8 Å². The van der Waals surface area contributed by atoms with E-state index < -0.39 is 17.9 Å². The van der Waals surface area contributed by atoms with Gasteiger partial charge in [-0.2, -0.15) is 0 Å². The van der Waals surface area contributed by atoms with Gasteiger partial charge in [0, 0.05) is 19.9 Å². The summed E-state index contributed by atoms with van der Waals surface area (Å²) in [5.74, 6) is -1.78. The first-order valence-corrected chi connectivity index (χ1v) is 5.82. The maximum absolute atomic E-state index is 11.6. The molecule has 1 aromatic carbocycles. The van der Waals surface area contributed by atoms with E-state index in [1.54, 1.807) is 30.3 Å². The van der Waals surface area contributed by atoms with E-state index in [1.165, 1.54) is 6.92 Å². The van der Waals surface area contributed by atoms with E-state index in [9.17, 15) is 14.4 Å². The summed E-state index contributed by atoms with van der Waals surface area (Å²) in [6, 6.07) is 7.36. The maximum Gasteiger partial charge on any atom is 0.330 e. The van der Waals surface area contributed by atoms with E-state index in [1.807, 2.05) is 0 Å². The lowest BCUT2D eigenvalue weighted by Gasteiger charge is -2.14. The molecule has 1 atom stereocenters. The van der Waals surface area contributed by atoms with Crippen molar-refractivity contribution in [2.24, 2.45) is 0 Å². The molecular formula is C13H16N2O4. The number of hydrogen-bond acceptors (Lipinski definition) is 3. The van der Waals surface area contributed by atoms with Crippen LogP contribution in [0.25, 0.3) is 0 Å². The Morgan fingerprint density at radius 2 is 1.84 bits per heavy atom. The minimum atomic E-state index is -1.13. The fraction of sp³-hybridized carbons (Fsp3) is 0.308. The first-order valence-electron chi connectivity index (χ1n) is 5.82. The van der Waals surface area contributed by atoms with Crippen LogP contribution in [0, 0.1) is 0 Å². The molecule has 6 heteroatoms. The Hall–Kier alpha value is -2.37. The number of carboxylic acids is 1. The fourth-order valence-corrected chi connectivity index (χ4v) is 1.52. The minimum absolute atomic E-state index is 0.0379. The van der Waals surface area contributed by atoms with Crippen LogP contribution in [0.2, 0.25) is 0 Å². The molecule has 0 bridgehead atoms. The van der Waals surface area contributed by atoms with E-state index in [2.05, 4.69) is 10.6 Å². The number of hydrogen-bond donors (Lipinski definition) is 3. The largest absolute Gasteiger partial charge is 0.479 e. The van der Waals surface area contributed by atoms with Gasteiger partial charge in [-0.3, -0.25) is 9.59 Å². The summed E-state index contributed by atoms with van der Waals surface area (Å²) in [4.78, 5) is 33.4. The van der Waals surface area contributed by atoms with Gasteiger partial charge in [0.05, 0.1) is 0 Å². The Balaban J connectivity index is 2.57. The highest BCUT2D eigenvalue weighted by Crippen LogP contribution is 2.12. The van der Waals surface area contributed by atoms with Crippen molar-refractivity contribution < 1.29 is 19.5 Å². The summed E-state index contributed by atoms with van der Waals surface area (Å²) in [6.45, 7) is 1.53. The van der Waals surface area contributed by atoms with Crippen LogP contribution >= 0.6 is 0 Å². The number of carbonyl (C=O) groups is 3. The molecule has 102 valence electrons. The molecule has 0 radical (unpaired) electrons. The van der Waals surface area contributed by atoms with Crippen LogP contribution in [0.5, 0.6) is 0 Å². The first-order chi connectivity index (χ1) is 9.00. The smallest absolute Gasteiger partial charge is 0.330 e. The van der Waals surface area contributed by atoms with Gasteiger partial charge in [-0.1, -0.05) is 30.3 Å². The average Bonchev–Trinajstić information content (AvgIpc) is 2.36. The Bertz CT molecular complexity index is 459. The fourth-order valence-electron chi connectivity index (χ4n) is 1.52. The van der Waals surface area contributed by atoms with Crippen LogP contribution in [0.3, 0.4) is 0 Å². The Labute approximate surface area is 110 Å². The van der Waals surface area contributed by atoms with Gasteiger partial charge in [-0.25, -0.2) is 4.79 Å². The van der Waals surface area contributed by atoms with Crippen LogP contribution in [-0.2, 0) is 14.4 Å². The lowest BCUT2D eigenvalue weighted by atomic mass is 10.1. The van der Waals surface area contributed by atoms with Crippen molar-refractivity contribution in [3.8, 4) is 0 Å². The average molecular weight is 264 g/mol. The van der Waals surface area contributed by atoms with Crippen LogP contribution in [-0.4, -0.2) is 29.4 Å². The number of carbonyl (C=O) groups excluding carboxylic acids is 2. The molecule has 19 heavy (non-hydrogen) atoms. The minimum Gasteiger partial charge on any atom is -0.479 e. The lowest BCUT2D eigenvalue weighted by Crippen LogP contribution is -2.35. The van der Waals surface area contributed by atoms with Crippen molar-refractivity contribution in [3.05, 3.63) is 35.9 Å². The monoisotopic (exact) mass is 264 g/mol. The maximum atomic E-state index is 11.6. The van der Waals surface area contributed by atoms with E-state index >= 15 is 0 Å². The van der Waals surface area contributed by atoms with Crippen molar-refractivity contribution >= 4 is 17.8 Å². The van der Waals surface area contributed by atoms with Gasteiger partial charge in [0.25, 0.3) is 0 Å². The number of rotatable bonds is 6. The number of carboxylic acid groups (broad SMARTS) is 1.